The summed E-state index contributed by atoms with van der Waals surface area (Å²) in [4.78, 5) is 7.83. The van der Waals surface area contributed by atoms with Gasteiger partial charge in [0.15, 0.2) is 0 Å². The summed E-state index contributed by atoms with van der Waals surface area (Å²) in [7, 11) is 0. The largest absolute Gasteiger partial charge is 0.311 e. The van der Waals surface area contributed by atoms with Gasteiger partial charge in [-0.2, -0.15) is 0 Å². The Labute approximate surface area is 529 Å². The number of benzene rings is 9. The number of nitrogens with zero attached hydrogens (tertiary/aromatic N) is 3. The topological polar surface area (TPSA) is 9.72 Å². The van der Waals surface area contributed by atoms with Crippen LogP contribution >= 0.6 is 0 Å². The second-order valence-corrected chi connectivity index (χ2v) is 33.7. The molecule has 4 aliphatic rings. The third kappa shape index (κ3) is 9.51. The summed E-state index contributed by atoms with van der Waals surface area (Å²) in [5, 5.41) is 0. The summed E-state index contributed by atoms with van der Waals surface area (Å²) in [6.07, 6.45) is 0. The second kappa shape index (κ2) is 19.5. The van der Waals surface area contributed by atoms with E-state index in [0.717, 1.165) is 17.1 Å². The van der Waals surface area contributed by atoms with E-state index in [1.807, 2.05) is 0 Å². The molecule has 13 rings (SSSR count). The molecule has 2 aliphatic heterocycles. The summed E-state index contributed by atoms with van der Waals surface area (Å²) in [6.45, 7) is 51.8. The Morgan fingerprint density at radius 1 is 0.284 bits per heavy atom. The average Bonchev–Trinajstić information content (AvgIpc) is 0.806. The fourth-order valence-electron chi connectivity index (χ4n) is 14.9. The lowest BCUT2D eigenvalue weighted by Gasteiger charge is -2.46. The van der Waals surface area contributed by atoms with Crippen molar-refractivity contribution >= 4 is 74.3 Å². The van der Waals surface area contributed by atoms with E-state index in [1.54, 1.807) is 0 Å². The first-order valence-corrected chi connectivity index (χ1v) is 32.6. The maximum atomic E-state index is 2.68. The molecule has 0 spiro atoms. The van der Waals surface area contributed by atoms with Gasteiger partial charge in [-0.1, -0.05) is 243 Å². The minimum absolute atomic E-state index is 0.0149. The van der Waals surface area contributed by atoms with Gasteiger partial charge in [0, 0.05) is 62.0 Å². The number of hydrogen-bond donors (Lipinski definition) is 0. The van der Waals surface area contributed by atoms with Crippen LogP contribution in [0, 0.1) is 0 Å². The summed E-state index contributed by atoms with van der Waals surface area (Å²) < 4.78 is 0. The molecule has 2 heterocycles. The van der Waals surface area contributed by atoms with Crippen LogP contribution in [0.25, 0.3) is 22.3 Å². The Hall–Kier alpha value is -7.56. The summed E-state index contributed by atoms with van der Waals surface area (Å²) in [5.41, 5.74) is 33.0. The molecule has 0 aromatic heterocycles. The van der Waals surface area contributed by atoms with Crippen LogP contribution < -0.4 is 31.1 Å². The molecule has 0 fully saturated rings. The Kier molecular flexibility index (Phi) is 13.1. The first-order chi connectivity index (χ1) is 40.9. The number of anilines is 9. The maximum Gasteiger partial charge on any atom is 0.252 e. The molecule has 88 heavy (non-hydrogen) atoms. The van der Waals surface area contributed by atoms with Crippen LogP contribution in [0.2, 0.25) is 0 Å². The zero-order valence-electron chi connectivity index (χ0n) is 57.1. The number of fused-ring (bicyclic) bond motifs is 10. The summed E-state index contributed by atoms with van der Waals surface area (Å²) in [6, 6.07) is 68.0. The molecule has 0 N–H and O–H groups in total. The van der Waals surface area contributed by atoms with Gasteiger partial charge in [-0.25, -0.2) is 0 Å². The molecule has 0 saturated heterocycles. The third-order valence-corrected chi connectivity index (χ3v) is 20.6. The molecule has 9 aromatic carbocycles. The zero-order chi connectivity index (χ0) is 63.1. The van der Waals surface area contributed by atoms with Gasteiger partial charge in [-0.05, 0) is 206 Å². The van der Waals surface area contributed by atoms with E-state index >= 15 is 0 Å². The molecule has 0 atom stereocenters. The van der Waals surface area contributed by atoms with Gasteiger partial charge in [0.1, 0.15) is 0 Å². The molecule has 0 unspecified atom stereocenters. The second-order valence-electron chi connectivity index (χ2n) is 33.7. The number of rotatable bonds is 5. The van der Waals surface area contributed by atoms with Crippen molar-refractivity contribution in [3.63, 3.8) is 0 Å². The lowest BCUT2D eigenvalue weighted by molar-refractivity contribution is 0.584. The first-order valence-electron chi connectivity index (χ1n) is 32.6. The van der Waals surface area contributed by atoms with Gasteiger partial charge < -0.3 is 14.7 Å². The zero-order valence-corrected chi connectivity index (χ0v) is 57.1. The van der Waals surface area contributed by atoms with Crippen LogP contribution in [0.15, 0.2) is 170 Å². The van der Waals surface area contributed by atoms with Crippen molar-refractivity contribution < 1.29 is 0 Å². The van der Waals surface area contributed by atoms with Gasteiger partial charge >= 0.3 is 0 Å². The van der Waals surface area contributed by atoms with Crippen LogP contribution in [0.1, 0.15) is 208 Å². The highest BCUT2D eigenvalue weighted by Gasteiger charge is 2.47. The average molecular weight is 1160 g/mol. The Balaban J connectivity index is 1.10. The molecule has 2 aliphatic carbocycles. The molecule has 448 valence electrons. The Morgan fingerprint density at radius 3 is 1.03 bits per heavy atom. The molecular formula is C84H94BN3. The van der Waals surface area contributed by atoms with Crippen LogP contribution in [0.3, 0.4) is 0 Å². The van der Waals surface area contributed by atoms with Gasteiger partial charge in [0.25, 0.3) is 6.71 Å². The van der Waals surface area contributed by atoms with Crippen molar-refractivity contribution in [1.82, 2.24) is 0 Å². The normalized spacial score (nSPS) is 15.5. The van der Waals surface area contributed by atoms with Crippen molar-refractivity contribution in [2.75, 3.05) is 14.7 Å². The summed E-state index contributed by atoms with van der Waals surface area (Å²) >= 11 is 0. The van der Waals surface area contributed by atoms with Crippen molar-refractivity contribution in [3.8, 4) is 22.3 Å². The highest BCUT2D eigenvalue weighted by atomic mass is 15.2. The van der Waals surface area contributed by atoms with E-state index in [9.17, 15) is 0 Å². The minimum atomic E-state index is -0.235. The van der Waals surface area contributed by atoms with E-state index in [-0.39, 0.29) is 50.0 Å². The molecule has 4 heteroatoms. The lowest BCUT2D eigenvalue weighted by atomic mass is 9.33. The smallest absolute Gasteiger partial charge is 0.252 e. The van der Waals surface area contributed by atoms with Crippen molar-refractivity contribution in [2.24, 2.45) is 0 Å². The fourth-order valence-corrected chi connectivity index (χ4v) is 14.9. The van der Waals surface area contributed by atoms with Gasteiger partial charge in [-0.15, -0.1) is 0 Å². The molecule has 0 radical (unpaired) electrons. The van der Waals surface area contributed by atoms with E-state index in [0.29, 0.717) is 0 Å². The van der Waals surface area contributed by atoms with Crippen molar-refractivity contribution in [3.05, 3.63) is 225 Å². The molecule has 0 amide bonds. The predicted octanol–water partition coefficient (Wildman–Crippen LogP) is 21.6. The fraction of sp³-hybridized carbons (Fsp3) is 0.357. The monoisotopic (exact) mass is 1160 g/mol. The summed E-state index contributed by atoms with van der Waals surface area (Å²) in [5.74, 6) is 0. The standard InChI is InChI=1S/C84H94BN3/c1-77(2,3)51-23-30-57(31-24-51)86(58-32-25-52(26-33-58)78(4,5)6)61-36-41-70-73(50-61)88(60-35-40-65-63-38-28-54(80(10,11)12)44-67(63)84(21,22)69(65)49-60)75-47-56(82(16,17)18)46-74-76(75)85(70)71-45-55(81(13,14)15)29-42-72(71)87(74)59-34-39-64-62-37-27-53(79(7,8)9)43-66(62)83(19,20)68(64)48-59/h23-50H,1-22H3. The minimum Gasteiger partial charge on any atom is -0.311 e. The molecule has 0 saturated carbocycles. The molecule has 0 bridgehead atoms. The predicted molar refractivity (Wildman–Crippen MR) is 382 cm³/mol. The molecule has 3 nitrogen and oxygen atoms in total. The molecule has 9 aromatic rings. The van der Waals surface area contributed by atoms with E-state index in [4.69, 9.17) is 0 Å². The first kappa shape index (κ1) is 59.4. The van der Waals surface area contributed by atoms with E-state index < -0.39 is 0 Å². The SMILES string of the molecule is CC(C)(C)c1ccc(N(c2ccc(C(C)(C)C)cc2)c2ccc3c(c2)N(c2ccc4c(c2)C(C)(C)c2cc(C(C)(C)C)ccc2-4)c2cc(C(C)(C)C)cc4c2B3c2cc(C(C)(C)C)ccc2N4c2ccc3c(c2)C(C)(C)c2cc(C(C)(C)C)ccc2-3)cc1. The van der Waals surface area contributed by atoms with Crippen LogP contribution in [-0.4, -0.2) is 6.71 Å². The van der Waals surface area contributed by atoms with E-state index in [2.05, 4.69) is 337 Å². The quantitative estimate of drug-likeness (QED) is 0.159. The van der Waals surface area contributed by atoms with Crippen LogP contribution in [0.5, 0.6) is 0 Å². The van der Waals surface area contributed by atoms with Gasteiger partial charge in [-0.3, -0.25) is 0 Å². The molecular weight excluding hydrogens is 1060 g/mol. The van der Waals surface area contributed by atoms with E-state index in [1.165, 1.54) is 128 Å². The van der Waals surface area contributed by atoms with Crippen LogP contribution in [-0.2, 0) is 43.3 Å². The third-order valence-electron chi connectivity index (χ3n) is 20.6. The Bertz CT molecular complexity index is 4260. The maximum absolute atomic E-state index is 2.68. The van der Waals surface area contributed by atoms with Crippen LogP contribution in [0.4, 0.5) is 51.2 Å². The van der Waals surface area contributed by atoms with Crippen molar-refractivity contribution in [1.29, 1.82) is 0 Å². The highest BCUT2D eigenvalue weighted by Crippen LogP contribution is 2.56. The lowest BCUT2D eigenvalue weighted by Crippen LogP contribution is -2.61. The highest BCUT2D eigenvalue weighted by molar-refractivity contribution is 7.00. The van der Waals surface area contributed by atoms with Crippen molar-refractivity contribution in [2.45, 2.75) is 196 Å². The number of hydrogen-bond acceptors (Lipinski definition) is 3. The Morgan fingerprint density at radius 2 is 0.625 bits per heavy atom. The van der Waals surface area contributed by atoms with Gasteiger partial charge in [0.05, 0.1) is 0 Å². The van der Waals surface area contributed by atoms with Gasteiger partial charge in [0.2, 0.25) is 0 Å².